The monoisotopic (exact) mass is 199 g/mol. The average molecular weight is 199 g/mol. The lowest BCUT2D eigenvalue weighted by atomic mass is 10.1. The van der Waals surface area contributed by atoms with E-state index in [0.717, 1.165) is 25.1 Å². The lowest BCUT2D eigenvalue weighted by Crippen LogP contribution is -2.39. The van der Waals surface area contributed by atoms with Gasteiger partial charge in [-0.25, -0.2) is 0 Å². The van der Waals surface area contributed by atoms with Crippen molar-refractivity contribution >= 4 is 0 Å². The maximum absolute atomic E-state index is 5.32. The fourth-order valence-electron chi connectivity index (χ4n) is 2.08. The molecule has 1 fully saturated rings. The van der Waals surface area contributed by atoms with Crippen LogP contribution in [-0.2, 0) is 4.74 Å². The van der Waals surface area contributed by atoms with Crippen LogP contribution in [0.25, 0.3) is 0 Å². The molecule has 84 valence electrons. The Morgan fingerprint density at radius 2 is 1.86 bits per heavy atom. The molecule has 2 heteroatoms. The minimum atomic E-state index is 0.536. The van der Waals surface area contributed by atoms with Gasteiger partial charge in [-0.05, 0) is 18.8 Å². The number of nitrogens with zero attached hydrogens (tertiary/aromatic N) is 1. The highest BCUT2D eigenvalue weighted by molar-refractivity contribution is 4.79. The molecule has 0 aromatic rings. The molecule has 1 atom stereocenters. The van der Waals surface area contributed by atoms with Crippen LogP contribution in [0, 0.1) is 5.92 Å². The van der Waals surface area contributed by atoms with E-state index in [4.69, 9.17) is 4.74 Å². The maximum Gasteiger partial charge on any atom is 0.0936 e. The molecule has 1 saturated heterocycles. The number of rotatable bonds is 7. The molecule has 0 saturated carbocycles. The molecule has 0 amide bonds. The summed E-state index contributed by atoms with van der Waals surface area (Å²) in [5.74, 6) is 0.759. The Morgan fingerprint density at radius 3 is 2.21 bits per heavy atom. The van der Waals surface area contributed by atoms with Gasteiger partial charge >= 0.3 is 0 Å². The van der Waals surface area contributed by atoms with Gasteiger partial charge in [0.15, 0.2) is 0 Å². The van der Waals surface area contributed by atoms with E-state index in [1.807, 2.05) is 0 Å². The minimum Gasteiger partial charge on any atom is -0.372 e. The molecule has 0 aliphatic carbocycles. The molecule has 14 heavy (non-hydrogen) atoms. The first kappa shape index (κ1) is 12.0. The number of epoxide rings is 1. The highest BCUT2D eigenvalue weighted by atomic mass is 16.6. The van der Waals surface area contributed by atoms with Crippen molar-refractivity contribution in [3.63, 3.8) is 0 Å². The van der Waals surface area contributed by atoms with Crippen molar-refractivity contribution in [2.75, 3.05) is 19.7 Å². The van der Waals surface area contributed by atoms with Gasteiger partial charge in [0.2, 0.25) is 0 Å². The van der Waals surface area contributed by atoms with Crippen molar-refractivity contribution in [2.45, 2.75) is 52.7 Å². The molecule has 0 N–H and O–H groups in total. The number of ether oxygens (including phenoxy) is 1. The van der Waals surface area contributed by atoms with Crippen molar-refractivity contribution in [2.24, 2.45) is 5.92 Å². The van der Waals surface area contributed by atoms with E-state index < -0.39 is 0 Å². The maximum atomic E-state index is 5.32. The molecule has 0 aromatic heterocycles. The molecule has 1 heterocycles. The first-order valence-corrected chi connectivity index (χ1v) is 6.03. The Bertz CT molecular complexity index is 146. The summed E-state index contributed by atoms with van der Waals surface area (Å²) in [5.41, 5.74) is 0. The molecule has 0 aromatic carbocycles. The molecule has 0 bridgehead atoms. The van der Waals surface area contributed by atoms with Crippen LogP contribution in [0.2, 0.25) is 0 Å². The van der Waals surface area contributed by atoms with Crippen molar-refractivity contribution in [3.05, 3.63) is 0 Å². The van der Waals surface area contributed by atoms with E-state index in [1.165, 1.54) is 19.4 Å². The van der Waals surface area contributed by atoms with E-state index in [9.17, 15) is 0 Å². The van der Waals surface area contributed by atoms with Crippen LogP contribution in [0.3, 0.4) is 0 Å². The Labute approximate surface area is 88.6 Å². The van der Waals surface area contributed by atoms with E-state index in [-0.39, 0.29) is 0 Å². The quantitative estimate of drug-likeness (QED) is 0.586. The predicted molar refractivity (Wildman–Crippen MR) is 60.5 cm³/mol. The van der Waals surface area contributed by atoms with Crippen LogP contribution in [0.1, 0.15) is 40.5 Å². The zero-order valence-electron chi connectivity index (χ0n) is 10.1. The predicted octanol–water partition coefficient (Wildman–Crippen LogP) is 2.53. The Hall–Kier alpha value is -0.0800. The lowest BCUT2D eigenvalue weighted by Gasteiger charge is -2.31. The van der Waals surface area contributed by atoms with Gasteiger partial charge in [0.1, 0.15) is 0 Å². The third kappa shape index (κ3) is 3.97. The van der Waals surface area contributed by atoms with Crippen molar-refractivity contribution in [1.29, 1.82) is 0 Å². The zero-order chi connectivity index (χ0) is 10.6. The molecule has 1 unspecified atom stereocenters. The standard InChI is InChI=1S/C12H25NO/c1-5-11(6-2)13(7-10(3)4)8-12-9-14-12/h10-12H,5-9H2,1-4H3. The lowest BCUT2D eigenvalue weighted by molar-refractivity contribution is 0.151. The molecular formula is C12H25NO. The fraction of sp³-hybridized carbons (Fsp3) is 1.00. The van der Waals surface area contributed by atoms with Crippen molar-refractivity contribution in [1.82, 2.24) is 4.90 Å². The summed E-state index contributed by atoms with van der Waals surface area (Å²) in [4.78, 5) is 2.61. The normalized spacial score (nSPS) is 21.2. The third-order valence-corrected chi connectivity index (χ3v) is 2.90. The molecule has 1 aliphatic rings. The Morgan fingerprint density at radius 1 is 1.29 bits per heavy atom. The molecule has 2 nitrogen and oxygen atoms in total. The summed E-state index contributed by atoms with van der Waals surface area (Å²) in [5, 5.41) is 0. The first-order chi connectivity index (χ1) is 6.67. The largest absolute Gasteiger partial charge is 0.372 e. The molecular weight excluding hydrogens is 174 g/mol. The van der Waals surface area contributed by atoms with Gasteiger partial charge in [0.25, 0.3) is 0 Å². The highest BCUT2D eigenvalue weighted by Crippen LogP contribution is 2.17. The van der Waals surface area contributed by atoms with E-state index in [1.54, 1.807) is 0 Å². The Balaban J connectivity index is 2.39. The summed E-state index contributed by atoms with van der Waals surface area (Å²) in [6, 6.07) is 0.751. The SMILES string of the molecule is CCC(CC)N(CC(C)C)CC1CO1. The molecule has 1 aliphatic heterocycles. The summed E-state index contributed by atoms with van der Waals surface area (Å²) in [6.07, 6.45) is 3.06. The highest BCUT2D eigenvalue weighted by Gasteiger charge is 2.28. The molecule has 0 radical (unpaired) electrons. The van der Waals surface area contributed by atoms with Crippen LogP contribution < -0.4 is 0 Å². The van der Waals surface area contributed by atoms with Gasteiger partial charge in [-0.3, -0.25) is 4.90 Å². The summed E-state index contributed by atoms with van der Waals surface area (Å²) < 4.78 is 5.32. The second-order valence-electron chi connectivity index (χ2n) is 4.77. The number of hydrogen-bond acceptors (Lipinski definition) is 2. The summed E-state index contributed by atoms with van der Waals surface area (Å²) >= 11 is 0. The van der Waals surface area contributed by atoms with Crippen LogP contribution in [0.15, 0.2) is 0 Å². The van der Waals surface area contributed by atoms with Gasteiger partial charge in [-0.15, -0.1) is 0 Å². The van der Waals surface area contributed by atoms with E-state index >= 15 is 0 Å². The van der Waals surface area contributed by atoms with Crippen LogP contribution >= 0.6 is 0 Å². The molecule has 0 spiro atoms. The van der Waals surface area contributed by atoms with E-state index in [2.05, 4.69) is 32.6 Å². The molecule has 1 rings (SSSR count). The summed E-state index contributed by atoms with van der Waals surface area (Å²) in [7, 11) is 0. The first-order valence-electron chi connectivity index (χ1n) is 6.03. The third-order valence-electron chi connectivity index (χ3n) is 2.90. The van der Waals surface area contributed by atoms with E-state index in [0.29, 0.717) is 6.10 Å². The van der Waals surface area contributed by atoms with Crippen LogP contribution in [0.4, 0.5) is 0 Å². The van der Waals surface area contributed by atoms with Gasteiger partial charge in [0.05, 0.1) is 12.7 Å². The van der Waals surface area contributed by atoms with Gasteiger partial charge < -0.3 is 4.74 Å². The number of hydrogen-bond donors (Lipinski definition) is 0. The smallest absolute Gasteiger partial charge is 0.0936 e. The topological polar surface area (TPSA) is 15.8 Å². The minimum absolute atomic E-state index is 0.536. The van der Waals surface area contributed by atoms with Crippen molar-refractivity contribution < 1.29 is 4.74 Å². The van der Waals surface area contributed by atoms with Crippen molar-refractivity contribution in [3.8, 4) is 0 Å². The van der Waals surface area contributed by atoms with Gasteiger partial charge in [0, 0.05) is 19.1 Å². The van der Waals surface area contributed by atoms with Gasteiger partial charge in [-0.1, -0.05) is 27.7 Å². The van der Waals surface area contributed by atoms with Crippen LogP contribution in [0.5, 0.6) is 0 Å². The average Bonchev–Trinajstić information content (AvgIpc) is 2.89. The second kappa shape index (κ2) is 5.72. The zero-order valence-corrected chi connectivity index (χ0v) is 10.1. The fourth-order valence-corrected chi connectivity index (χ4v) is 2.08. The van der Waals surface area contributed by atoms with Crippen LogP contribution in [-0.4, -0.2) is 36.7 Å². The second-order valence-corrected chi connectivity index (χ2v) is 4.77. The summed E-state index contributed by atoms with van der Waals surface area (Å²) in [6.45, 7) is 12.5. The van der Waals surface area contributed by atoms with Gasteiger partial charge in [-0.2, -0.15) is 0 Å². The Kier molecular flexibility index (Phi) is 4.90.